The highest BCUT2D eigenvalue weighted by atomic mass is 15.2. The average molecular weight is 275 g/mol. The Bertz CT molecular complexity index is 380. The molecule has 0 amide bonds. The smallest absolute Gasteiger partial charge is 0.0332 e. The van der Waals surface area contributed by atoms with Crippen LogP contribution in [0.5, 0.6) is 0 Å². The van der Waals surface area contributed by atoms with Crippen LogP contribution in [0.1, 0.15) is 30.5 Å². The SMILES string of the molecule is CCNC(CCN1CCN(C)CC1)c1ccc(C)cc1. The first-order valence-corrected chi connectivity index (χ1v) is 7.90. The van der Waals surface area contributed by atoms with E-state index in [2.05, 4.69) is 60.3 Å². The normalized spacial score (nSPS) is 19.1. The lowest BCUT2D eigenvalue weighted by molar-refractivity contribution is 0.149. The minimum absolute atomic E-state index is 0.486. The van der Waals surface area contributed by atoms with Crippen LogP contribution in [-0.2, 0) is 0 Å². The number of likely N-dealkylation sites (N-methyl/N-ethyl adjacent to an activating group) is 1. The van der Waals surface area contributed by atoms with Gasteiger partial charge in [-0.2, -0.15) is 0 Å². The summed E-state index contributed by atoms with van der Waals surface area (Å²) in [5, 5.41) is 3.63. The van der Waals surface area contributed by atoms with Gasteiger partial charge in [-0.1, -0.05) is 36.8 Å². The van der Waals surface area contributed by atoms with Gasteiger partial charge < -0.3 is 15.1 Å². The summed E-state index contributed by atoms with van der Waals surface area (Å²) < 4.78 is 0. The van der Waals surface area contributed by atoms with Crippen molar-refractivity contribution in [1.29, 1.82) is 0 Å². The molecule has 2 rings (SSSR count). The van der Waals surface area contributed by atoms with E-state index >= 15 is 0 Å². The second kappa shape index (κ2) is 7.77. The number of nitrogens with one attached hydrogen (secondary N) is 1. The average Bonchev–Trinajstić information content (AvgIpc) is 2.46. The molecule has 20 heavy (non-hydrogen) atoms. The number of benzene rings is 1. The van der Waals surface area contributed by atoms with Gasteiger partial charge in [-0.05, 0) is 32.5 Å². The van der Waals surface area contributed by atoms with Crippen LogP contribution in [0.25, 0.3) is 0 Å². The first kappa shape index (κ1) is 15.5. The largest absolute Gasteiger partial charge is 0.310 e. The molecule has 1 aromatic rings. The van der Waals surface area contributed by atoms with Crippen molar-refractivity contribution in [2.45, 2.75) is 26.3 Å². The molecule has 1 saturated heterocycles. The van der Waals surface area contributed by atoms with E-state index in [0.29, 0.717) is 6.04 Å². The molecule has 1 heterocycles. The van der Waals surface area contributed by atoms with Crippen molar-refractivity contribution in [3.05, 3.63) is 35.4 Å². The first-order valence-electron chi connectivity index (χ1n) is 7.90. The van der Waals surface area contributed by atoms with Gasteiger partial charge in [0, 0.05) is 38.8 Å². The van der Waals surface area contributed by atoms with Gasteiger partial charge in [0.25, 0.3) is 0 Å². The van der Waals surface area contributed by atoms with Crippen molar-refractivity contribution < 1.29 is 0 Å². The summed E-state index contributed by atoms with van der Waals surface area (Å²) in [5.74, 6) is 0. The predicted molar refractivity (Wildman–Crippen MR) is 86.2 cm³/mol. The van der Waals surface area contributed by atoms with Crippen molar-refractivity contribution in [2.24, 2.45) is 0 Å². The zero-order valence-electron chi connectivity index (χ0n) is 13.2. The van der Waals surface area contributed by atoms with E-state index in [9.17, 15) is 0 Å². The molecule has 3 nitrogen and oxygen atoms in total. The van der Waals surface area contributed by atoms with Gasteiger partial charge in [-0.15, -0.1) is 0 Å². The maximum absolute atomic E-state index is 3.63. The lowest BCUT2D eigenvalue weighted by Gasteiger charge is -2.33. The van der Waals surface area contributed by atoms with E-state index in [-0.39, 0.29) is 0 Å². The summed E-state index contributed by atoms with van der Waals surface area (Å²) in [5.41, 5.74) is 2.76. The molecule has 112 valence electrons. The molecule has 1 aromatic carbocycles. The molecule has 1 fully saturated rings. The molecule has 0 radical (unpaired) electrons. The quantitative estimate of drug-likeness (QED) is 0.859. The number of hydrogen-bond acceptors (Lipinski definition) is 3. The van der Waals surface area contributed by atoms with Gasteiger partial charge in [0.1, 0.15) is 0 Å². The second-order valence-corrected chi connectivity index (χ2v) is 5.95. The fraction of sp³-hybridized carbons (Fsp3) is 0.647. The molecule has 0 saturated carbocycles. The van der Waals surface area contributed by atoms with Crippen LogP contribution >= 0.6 is 0 Å². The van der Waals surface area contributed by atoms with Crippen molar-refractivity contribution in [3.8, 4) is 0 Å². The van der Waals surface area contributed by atoms with Crippen LogP contribution in [0, 0.1) is 6.92 Å². The third kappa shape index (κ3) is 4.58. The molecule has 0 spiro atoms. The second-order valence-electron chi connectivity index (χ2n) is 5.95. The third-order valence-corrected chi connectivity index (χ3v) is 4.26. The summed E-state index contributed by atoms with van der Waals surface area (Å²) in [6, 6.07) is 9.46. The summed E-state index contributed by atoms with van der Waals surface area (Å²) in [6.45, 7) is 11.4. The Kier molecular flexibility index (Phi) is 6.02. The summed E-state index contributed by atoms with van der Waals surface area (Å²) in [6.07, 6.45) is 1.20. The third-order valence-electron chi connectivity index (χ3n) is 4.26. The standard InChI is InChI=1S/C17H29N3/c1-4-18-17(16-7-5-15(2)6-8-16)9-10-20-13-11-19(3)12-14-20/h5-8,17-18H,4,9-14H2,1-3H3. The molecule has 1 atom stereocenters. The highest BCUT2D eigenvalue weighted by molar-refractivity contribution is 5.24. The van der Waals surface area contributed by atoms with Crippen molar-refractivity contribution >= 4 is 0 Å². The molecule has 1 N–H and O–H groups in total. The minimum atomic E-state index is 0.486. The molecule has 1 aliphatic heterocycles. The van der Waals surface area contributed by atoms with E-state index in [1.165, 1.54) is 50.3 Å². The van der Waals surface area contributed by atoms with Crippen LogP contribution in [0.2, 0.25) is 0 Å². The van der Waals surface area contributed by atoms with Crippen molar-refractivity contribution in [2.75, 3.05) is 46.3 Å². The Morgan fingerprint density at radius 2 is 1.75 bits per heavy atom. The highest BCUT2D eigenvalue weighted by Crippen LogP contribution is 2.18. The first-order chi connectivity index (χ1) is 9.69. The van der Waals surface area contributed by atoms with Crippen LogP contribution in [-0.4, -0.2) is 56.1 Å². The minimum Gasteiger partial charge on any atom is -0.310 e. The van der Waals surface area contributed by atoms with E-state index in [1.807, 2.05) is 0 Å². The van der Waals surface area contributed by atoms with E-state index in [4.69, 9.17) is 0 Å². The molecule has 0 bridgehead atoms. The van der Waals surface area contributed by atoms with Crippen LogP contribution in [0.3, 0.4) is 0 Å². The Morgan fingerprint density at radius 3 is 2.35 bits per heavy atom. The molecular formula is C17H29N3. The molecule has 0 aliphatic carbocycles. The molecule has 3 heteroatoms. The zero-order chi connectivity index (χ0) is 14.4. The Labute approximate surface area is 124 Å². The van der Waals surface area contributed by atoms with E-state index in [1.54, 1.807) is 0 Å². The van der Waals surface area contributed by atoms with Crippen LogP contribution in [0.15, 0.2) is 24.3 Å². The van der Waals surface area contributed by atoms with Gasteiger partial charge >= 0.3 is 0 Å². The topological polar surface area (TPSA) is 18.5 Å². The number of rotatable bonds is 6. The molecule has 1 unspecified atom stereocenters. The van der Waals surface area contributed by atoms with Gasteiger partial charge in [-0.25, -0.2) is 0 Å². The summed E-state index contributed by atoms with van der Waals surface area (Å²) in [4.78, 5) is 5.01. The Morgan fingerprint density at radius 1 is 1.10 bits per heavy atom. The van der Waals surface area contributed by atoms with Crippen molar-refractivity contribution in [1.82, 2.24) is 15.1 Å². The molecular weight excluding hydrogens is 246 g/mol. The van der Waals surface area contributed by atoms with Crippen molar-refractivity contribution in [3.63, 3.8) is 0 Å². The summed E-state index contributed by atoms with van der Waals surface area (Å²) in [7, 11) is 2.21. The zero-order valence-corrected chi connectivity index (χ0v) is 13.2. The van der Waals surface area contributed by atoms with Gasteiger partial charge in [0.15, 0.2) is 0 Å². The molecule has 0 aromatic heterocycles. The number of aryl methyl sites for hydroxylation is 1. The van der Waals surface area contributed by atoms with Gasteiger partial charge in [-0.3, -0.25) is 0 Å². The fourth-order valence-electron chi connectivity index (χ4n) is 2.81. The Hall–Kier alpha value is -0.900. The lowest BCUT2D eigenvalue weighted by atomic mass is 10.0. The van der Waals surface area contributed by atoms with E-state index < -0.39 is 0 Å². The predicted octanol–water partition coefficient (Wildman–Crippen LogP) is 2.28. The Balaban J connectivity index is 1.87. The summed E-state index contributed by atoms with van der Waals surface area (Å²) >= 11 is 0. The van der Waals surface area contributed by atoms with E-state index in [0.717, 1.165) is 6.54 Å². The van der Waals surface area contributed by atoms with Crippen LogP contribution < -0.4 is 5.32 Å². The molecule has 1 aliphatic rings. The van der Waals surface area contributed by atoms with Crippen LogP contribution in [0.4, 0.5) is 0 Å². The maximum Gasteiger partial charge on any atom is 0.0332 e. The number of nitrogens with zero attached hydrogens (tertiary/aromatic N) is 2. The lowest BCUT2D eigenvalue weighted by Crippen LogP contribution is -2.45. The van der Waals surface area contributed by atoms with Gasteiger partial charge in [0.05, 0.1) is 0 Å². The number of piperazine rings is 1. The number of hydrogen-bond donors (Lipinski definition) is 1. The fourth-order valence-corrected chi connectivity index (χ4v) is 2.81. The van der Waals surface area contributed by atoms with Gasteiger partial charge in [0.2, 0.25) is 0 Å². The maximum atomic E-state index is 3.63. The monoisotopic (exact) mass is 275 g/mol. The highest BCUT2D eigenvalue weighted by Gasteiger charge is 2.16.